The molecule has 0 spiro atoms. The van der Waals surface area contributed by atoms with Crippen molar-refractivity contribution in [1.29, 1.82) is 0 Å². The summed E-state index contributed by atoms with van der Waals surface area (Å²) in [6.07, 6.45) is 7.68. The zero-order valence-electron chi connectivity index (χ0n) is 15.3. The van der Waals surface area contributed by atoms with Crippen LogP contribution in [0.5, 0.6) is 0 Å². The van der Waals surface area contributed by atoms with E-state index in [-0.39, 0.29) is 11.9 Å². The molecule has 0 aliphatic carbocycles. The molecule has 1 fully saturated rings. The molecule has 6 nitrogen and oxygen atoms in total. The summed E-state index contributed by atoms with van der Waals surface area (Å²) in [5.74, 6) is 1.34. The molecule has 0 radical (unpaired) electrons. The van der Waals surface area contributed by atoms with E-state index in [0.717, 1.165) is 63.6 Å². The third kappa shape index (κ3) is 4.69. The maximum atomic E-state index is 12.7. The first-order valence-corrected chi connectivity index (χ1v) is 9.68. The number of hydrogen-bond acceptors (Lipinski definition) is 5. The first-order valence-electron chi connectivity index (χ1n) is 9.68. The van der Waals surface area contributed by atoms with Gasteiger partial charge in [0.25, 0.3) is 0 Å². The van der Waals surface area contributed by atoms with Crippen LogP contribution >= 0.6 is 0 Å². The van der Waals surface area contributed by atoms with Crippen molar-refractivity contribution in [2.75, 3.05) is 13.1 Å². The Morgan fingerprint density at radius 1 is 1.15 bits per heavy atom. The van der Waals surface area contributed by atoms with Gasteiger partial charge in [0.05, 0.1) is 0 Å². The van der Waals surface area contributed by atoms with Gasteiger partial charge in [0.15, 0.2) is 0 Å². The average molecular weight is 356 g/mol. The third-order valence-electron chi connectivity index (χ3n) is 4.93. The highest BCUT2D eigenvalue weighted by atomic mass is 16.5. The van der Waals surface area contributed by atoms with E-state index in [1.807, 2.05) is 35.2 Å². The minimum absolute atomic E-state index is 0.0924. The Balaban J connectivity index is 1.63. The number of carbonyl (C=O) groups excluding carboxylic acids is 1. The summed E-state index contributed by atoms with van der Waals surface area (Å²) in [4.78, 5) is 19.2. The van der Waals surface area contributed by atoms with Crippen LogP contribution in [-0.2, 0) is 4.79 Å². The van der Waals surface area contributed by atoms with Crippen LogP contribution in [0.1, 0.15) is 63.3 Å². The lowest BCUT2D eigenvalue weighted by atomic mass is 10.0. The quantitative estimate of drug-likeness (QED) is 0.729. The van der Waals surface area contributed by atoms with Crippen LogP contribution in [0.25, 0.3) is 11.4 Å². The van der Waals surface area contributed by atoms with Crippen LogP contribution in [-0.4, -0.2) is 34.0 Å². The Kier molecular flexibility index (Phi) is 6.77. The summed E-state index contributed by atoms with van der Waals surface area (Å²) in [7, 11) is 0. The maximum Gasteiger partial charge on any atom is 0.249 e. The lowest BCUT2D eigenvalue weighted by molar-refractivity contribution is -0.135. The molecule has 6 heteroatoms. The zero-order chi connectivity index (χ0) is 18.2. The summed E-state index contributed by atoms with van der Waals surface area (Å²) >= 11 is 0. The number of amides is 1. The summed E-state index contributed by atoms with van der Waals surface area (Å²) in [5, 5.41) is 4.12. The molecule has 1 aromatic heterocycles. The van der Waals surface area contributed by atoms with Crippen molar-refractivity contribution >= 4 is 5.91 Å². The molecule has 2 aromatic rings. The topological polar surface area (TPSA) is 85.3 Å². The molecule has 26 heavy (non-hydrogen) atoms. The average Bonchev–Trinajstić information content (AvgIpc) is 3.18. The van der Waals surface area contributed by atoms with Gasteiger partial charge in [-0.1, -0.05) is 48.3 Å². The molecule has 1 amide bonds. The Labute approximate surface area is 154 Å². The Bertz CT molecular complexity index is 686. The predicted octanol–water partition coefficient (Wildman–Crippen LogP) is 3.70. The lowest BCUT2D eigenvalue weighted by Crippen LogP contribution is -2.38. The van der Waals surface area contributed by atoms with Gasteiger partial charge < -0.3 is 15.2 Å². The van der Waals surface area contributed by atoms with E-state index in [9.17, 15) is 4.79 Å². The van der Waals surface area contributed by atoms with Gasteiger partial charge in [-0.25, -0.2) is 0 Å². The molecule has 1 aromatic carbocycles. The second kappa shape index (κ2) is 9.48. The van der Waals surface area contributed by atoms with E-state index in [2.05, 4.69) is 10.1 Å². The Morgan fingerprint density at radius 2 is 1.96 bits per heavy atom. The number of unbranched alkanes of at least 4 members (excludes halogenated alkanes) is 3. The number of hydrogen-bond donors (Lipinski definition) is 1. The van der Waals surface area contributed by atoms with Crippen LogP contribution in [0.15, 0.2) is 34.9 Å². The Hall–Kier alpha value is -2.21. The number of likely N-dealkylation sites (tertiary alicyclic amines) is 1. The molecule has 1 aliphatic rings. The molecule has 1 unspecified atom stereocenters. The van der Waals surface area contributed by atoms with Crippen molar-refractivity contribution in [2.24, 2.45) is 5.73 Å². The molecule has 1 aliphatic heterocycles. The summed E-state index contributed by atoms with van der Waals surface area (Å²) in [5.41, 5.74) is 6.44. The van der Waals surface area contributed by atoms with E-state index in [1.165, 1.54) is 0 Å². The normalized spacial score (nSPS) is 17.4. The smallest absolute Gasteiger partial charge is 0.249 e. The molecule has 0 bridgehead atoms. The van der Waals surface area contributed by atoms with E-state index < -0.39 is 0 Å². The monoisotopic (exact) mass is 356 g/mol. The summed E-state index contributed by atoms with van der Waals surface area (Å²) in [6, 6.07) is 9.68. The fourth-order valence-electron chi connectivity index (χ4n) is 3.48. The van der Waals surface area contributed by atoms with Gasteiger partial charge in [0.2, 0.25) is 17.6 Å². The van der Waals surface area contributed by atoms with Crippen LogP contribution in [0.4, 0.5) is 0 Å². The fraction of sp³-hybridized carbons (Fsp3) is 0.550. The Morgan fingerprint density at radius 3 is 2.77 bits per heavy atom. The van der Waals surface area contributed by atoms with Crippen molar-refractivity contribution in [3.05, 3.63) is 36.2 Å². The highest BCUT2D eigenvalue weighted by Gasteiger charge is 2.31. The molecule has 2 heterocycles. The second-order valence-corrected chi connectivity index (χ2v) is 6.87. The van der Waals surface area contributed by atoms with Gasteiger partial charge >= 0.3 is 0 Å². The standard InChI is InChI=1S/C20H28N4O2/c21-14-8-2-1-6-13-18(25)24-15-9-7-12-17(24)20-22-19(23-26-20)16-10-4-3-5-11-16/h3-5,10-11,17H,1-2,6-9,12-15,21H2. The molecule has 1 atom stereocenters. The fourth-order valence-corrected chi connectivity index (χ4v) is 3.48. The van der Waals surface area contributed by atoms with Crippen LogP contribution < -0.4 is 5.73 Å². The van der Waals surface area contributed by atoms with Crippen LogP contribution in [0.2, 0.25) is 0 Å². The van der Waals surface area contributed by atoms with E-state index in [4.69, 9.17) is 10.3 Å². The second-order valence-electron chi connectivity index (χ2n) is 6.87. The highest BCUT2D eigenvalue weighted by Crippen LogP contribution is 2.31. The van der Waals surface area contributed by atoms with E-state index >= 15 is 0 Å². The molecule has 0 saturated carbocycles. The number of rotatable bonds is 8. The minimum Gasteiger partial charge on any atom is -0.337 e. The number of carbonyl (C=O) groups is 1. The zero-order valence-corrected chi connectivity index (χ0v) is 15.3. The molecule has 2 N–H and O–H groups in total. The third-order valence-corrected chi connectivity index (χ3v) is 4.93. The number of piperidine rings is 1. The first-order chi connectivity index (χ1) is 12.8. The number of aromatic nitrogens is 2. The molecule has 140 valence electrons. The summed E-state index contributed by atoms with van der Waals surface area (Å²) < 4.78 is 5.53. The van der Waals surface area contributed by atoms with E-state index in [0.29, 0.717) is 18.1 Å². The van der Waals surface area contributed by atoms with Gasteiger partial charge in [-0.3, -0.25) is 4.79 Å². The van der Waals surface area contributed by atoms with Gasteiger partial charge in [0.1, 0.15) is 6.04 Å². The molecular weight excluding hydrogens is 328 g/mol. The van der Waals surface area contributed by atoms with Crippen molar-refractivity contribution in [3.63, 3.8) is 0 Å². The largest absolute Gasteiger partial charge is 0.337 e. The SMILES string of the molecule is NCCCCCCC(=O)N1CCCCC1c1nc(-c2ccccc2)no1. The van der Waals surface area contributed by atoms with Gasteiger partial charge in [-0.2, -0.15) is 4.98 Å². The number of benzene rings is 1. The first kappa shape index (κ1) is 18.6. The van der Waals surface area contributed by atoms with Crippen LogP contribution in [0.3, 0.4) is 0 Å². The minimum atomic E-state index is -0.0924. The van der Waals surface area contributed by atoms with Gasteiger partial charge in [-0.05, 0) is 38.6 Å². The molecule has 1 saturated heterocycles. The van der Waals surface area contributed by atoms with Crippen molar-refractivity contribution in [3.8, 4) is 11.4 Å². The van der Waals surface area contributed by atoms with Gasteiger partial charge in [0, 0.05) is 18.5 Å². The predicted molar refractivity (Wildman–Crippen MR) is 100 cm³/mol. The molecule has 3 rings (SSSR count). The number of nitrogens with zero attached hydrogens (tertiary/aromatic N) is 3. The number of nitrogens with two attached hydrogens (primary N) is 1. The van der Waals surface area contributed by atoms with Crippen molar-refractivity contribution in [2.45, 2.75) is 57.4 Å². The summed E-state index contributed by atoms with van der Waals surface area (Å²) in [6.45, 7) is 1.50. The van der Waals surface area contributed by atoms with E-state index in [1.54, 1.807) is 0 Å². The van der Waals surface area contributed by atoms with Gasteiger partial charge in [-0.15, -0.1) is 0 Å². The lowest BCUT2D eigenvalue weighted by Gasteiger charge is -2.33. The van der Waals surface area contributed by atoms with Crippen molar-refractivity contribution < 1.29 is 9.32 Å². The highest BCUT2D eigenvalue weighted by molar-refractivity contribution is 5.76. The van der Waals surface area contributed by atoms with Crippen molar-refractivity contribution in [1.82, 2.24) is 15.0 Å². The molecular formula is C20H28N4O2. The maximum absolute atomic E-state index is 12.7. The van der Waals surface area contributed by atoms with Crippen LogP contribution in [0, 0.1) is 0 Å².